The molecule has 1 aliphatic carbocycles. The van der Waals surface area contributed by atoms with E-state index in [1.807, 2.05) is 0 Å². The third-order valence-corrected chi connectivity index (χ3v) is 3.18. The molecule has 94 valence electrons. The van der Waals surface area contributed by atoms with Crippen molar-refractivity contribution in [3.05, 3.63) is 29.6 Å². The highest BCUT2D eigenvalue weighted by Gasteiger charge is 2.27. The molecule has 1 aromatic carbocycles. The topological polar surface area (TPSA) is 55.5 Å². The van der Waals surface area contributed by atoms with Gasteiger partial charge < -0.3 is 15.6 Å². The summed E-state index contributed by atoms with van der Waals surface area (Å²) in [4.78, 5) is 0. The van der Waals surface area contributed by atoms with Crippen molar-refractivity contribution in [3.8, 4) is 5.75 Å². The monoisotopic (exact) mass is 239 g/mol. The van der Waals surface area contributed by atoms with Gasteiger partial charge in [-0.15, -0.1) is 0 Å². The lowest BCUT2D eigenvalue weighted by Crippen LogP contribution is -2.26. The molecular weight excluding hydrogens is 221 g/mol. The number of nitrogens with two attached hydrogens (primary N) is 1. The average Bonchev–Trinajstić information content (AvgIpc) is 2.67. The van der Waals surface area contributed by atoms with Gasteiger partial charge in [-0.3, -0.25) is 0 Å². The molecule has 0 aromatic heterocycles. The molecule has 1 fully saturated rings. The summed E-state index contributed by atoms with van der Waals surface area (Å²) < 4.78 is 19.2. The molecule has 3 nitrogen and oxygen atoms in total. The maximum absolute atomic E-state index is 13.7. The highest BCUT2D eigenvalue weighted by molar-refractivity contribution is 5.31. The SMILES string of the molecule is C[C@@H](N)c1ccc(OC2CCCC2O)c(F)c1. The van der Waals surface area contributed by atoms with Crippen molar-refractivity contribution in [2.24, 2.45) is 5.73 Å². The van der Waals surface area contributed by atoms with Crippen molar-refractivity contribution in [1.82, 2.24) is 0 Å². The minimum Gasteiger partial charge on any atom is -0.485 e. The zero-order valence-electron chi connectivity index (χ0n) is 9.90. The van der Waals surface area contributed by atoms with Crippen molar-refractivity contribution >= 4 is 0 Å². The lowest BCUT2D eigenvalue weighted by Gasteiger charge is -2.18. The van der Waals surface area contributed by atoms with E-state index in [4.69, 9.17) is 10.5 Å². The molecule has 3 N–H and O–H groups in total. The number of aliphatic hydroxyl groups is 1. The standard InChI is InChI=1S/C13H18FNO2/c1-8(15)9-5-6-12(10(14)7-9)17-13-4-2-3-11(13)16/h5-8,11,13,16H,2-4,15H2,1H3/t8-,11?,13?/m1/s1. The van der Waals surface area contributed by atoms with Crippen LogP contribution in [0.3, 0.4) is 0 Å². The minimum atomic E-state index is -0.484. The summed E-state index contributed by atoms with van der Waals surface area (Å²) >= 11 is 0. The summed E-state index contributed by atoms with van der Waals surface area (Å²) in [6.07, 6.45) is 1.65. The molecule has 2 rings (SSSR count). The molecule has 1 aliphatic rings. The van der Waals surface area contributed by atoms with Crippen LogP contribution in [0.25, 0.3) is 0 Å². The van der Waals surface area contributed by atoms with Crippen LogP contribution >= 0.6 is 0 Å². The van der Waals surface area contributed by atoms with Crippen LogP contribution in [-0.4, -0.2) is 17.3 Å². The molecule has 1 aromatic rings. The third kappa shape index (κ3) is 2.76. The van der Waals surface area contributed by atoms with Crippen LogP contribution in [-0.2, 0) is 0 Å². The summed E-state index contributed by atoms with van der Waals surface area (Å²) in [5.41, 5.74) is 6.41. The van der Waals surface area contributed by atoms with Crippen molar-refractivity contribution < 1.29 is 14.2 Å². The molecule has 0 aliphatic heterocycles. The molecular formula is C13H18FNO2. The van der Waals surface area contributed by atoms with Crippen molar-refractivity contribution in [3.63, 3.8) is 0 Å². The van der Waals surface area contributed by atoms with Gasteiger partial charge in [0.05, 0.1) is 6.10 Å². The van der Waals surface area contributed by atoms with Gasteiger partial charge in [0.25, 0.3) is 0 Å². The first-order chi connectivity index (χ1) is 8.08. The summed E-state index contributed by atoms with van der Waals surface area (Å²) in [7, 11) is 0. The Bertz CT molecular complexity index is 395. The fraction of sp³-hybridized carbons (Fsp3) is 0.538. The highest BCUT2D eigenvalue weighted by atomic mass is 19.1. The molecule has 1 saturated carbocycles. The maximum Gasteiger partial charge on any atom is 0.165 e. The van der Waals surface area contributed by atoms with Crippen LogP contribution in [0.1, 0.15) is 37.8 Å². The first kappa shape index (κ1) is 12.3. The van der Waals surface area contributed by atoms with Gasteiger partial charge in [0.15, 0.2) is 11.6 Å². The minimum absolute atomic E-state index is 0.195. The molecule has 0 radical (unpaired) electrons. The van der Waals surface area contributed by atoms with E-state index in [9.17, 15) is 9.50 Å². The first-order valence-corrected chi connectivity index (χ1v) is 5.97. The van der Waals surface area contributed by atoms with E-state index < -0.39 is 11.9 Å². The maximum atomic E-state index is 13.7. The Hall–Kier alpha value is -1.13. The highest BCUT2D eigenvalue weighted by Crippen LogP contribution is 2.27. The lowest BCUT2D eigenvalue weighted by molar-refractivity contribution is 0.0578. The van der Waals surface area contributed by atoms with Crippen LogP contribution in [0, 0.1) is 5.82 Å². The summed E-state index contributed by atoms with van der Waals surface area (Å²) in [5, 5.41) is 9.62. The van der Waals surface area contributed by atoms with Crippen LogP contribution in [0.2, 0.25) is 0 Å². The Kier molecular flexibility index (Phi) is 3.64. The van der Waals surface area contributed by atoms with E-state index in [1.54, 1.807) is 19.1 Å². The van der Waals surface area contributed by atoms with Crippen LogP contribution in [0.5, 0.6) is 5.75 Å². The number of aliphatic hydroxyl groups excluding tert-OH is 1. The summed E-state index contributed by atoms with van der Waals surface area (Å²) in [5.74, 6) is -0.223. The quantitative estimate of drug-likeness (QED) is 0.849. The van der Waals surface area contributed by atoms with Gasteiger partial charge in [-0.25, -0.2) is 4.39 Å². The normalized spacial score (nSPS) is 25.9. The molecule has 0 spiro atoms. The zero-order valence-corrected chi connectivity index (χ0v) is 9.90. The van der Waals surface area contributed by atoms with E-state index in [0.717, 1.165) is 24.8 Å². The van der Waals surface area contributed by atoms with Crippen molar-refractivity contribution in [1.29, 1.82) is 0 Å². The van der Waals surface area contributed by atoms with E-state index in [0.29, 0.717) is 0 Å². The van der Waals surface area contributed by atoms with Crippen molar-refractivity contribution in [2.75, 3.05) is 0 Å². The third-order valence-electron chi connectivity index (χ3n) is 3.18. The Labute approximate surface area is 100 Å². The second-order valence-electron chi connectivity index (χ2n) is 4.63. The second-order valence-corrected chi connectivity index (χ2v) is 4.63. The molecule has 2 unspecified atom stereocenters. The van der Waals surface area contributed by atoms with Crippen LogP contribution < -0.4 is 10.5 Å². The van der Waals surface area contributed by atoms with E-state index in [2.05, 4.69) is 0 Å². The van der Waals surface area contributed by atoms with E-state index in [-0.39, 0.29) is 17.9 Å². The molecule has 17 heavy (non-hydrogen) atoms. The smallest absolute Gasteiger partial charge is 0.165 e. The van der Waals surface area contributed by atoms with Gasteiger partial charge in [-0.05, 0) is 43.9 Å². The molecule has 4 heteroatoms. The molecule has 0 heterocycles. The van der Waals surface area contributed by atoms with Gasteiger partial charge in [0.2, 0.25) is 0 Å². The van der Waals surface area contributed by atoms with Crippen LogP contribution in [0.15, 0.2) is 18.2 Å². The Morgan fingerprint density at radius 3 is 2.76 bits per heavy atom. The number of ether oxygens (including phenoxy) is 1. The number of hydrogen-bond acceptors (Lipinski definition) is 3. The fourth-order valence-electron chi connectivity index (χ4n) is 2.10. The number of halogens is 1. The molecule has 0 saturated heterocycles. The lowest BCUT2D eigenvalue weighted by atomic mass is 10.1. The fourth-order valence-corrected chi connectivity index (χ4v) is 2.10. The van der Waals surface area contributed by atoms with Gasteiger partial charge in [-0.1, -0.05) is 6.07 Å². The number of hydrogen-bond donors (Lipinski definition) is 2. The van der Waals surface area contributed by atoms with E-state index in [1.165, 1.54) is 6.07 Å². The Balaban J connectivity index is 2.11. The zero-order chi connectivity index (χ0) is 12.4. The number of benzene rings is 1. The predicted octanol–water partition coefficient (Wildman–Crippen LogP) is 2.14. The van der Waals surface area contributed by atoms with Crippen molar-refractivity contribution in [2.45, 2.75) is 44.4 Å². The Morgan fingerprint density at radius 2 is 2.24 bits per heavy atom. The van der Waals surface area contributed by atoms with Gasteiger partial charge in [-0.2, -0.15) is 0 Å². The van der Waals surface area contributed by atoms with Crippen LogP contribution in [0.4, 0.5) is 4.39 Å². The Morgan fingerprint density at radius 1 is 1.47 bits per heavy atom. The first-order valence-electron chi connectivity index (χ1n) is 5.97. The summed E-state index contributed by atoms with van der Waals surface area (Å²) in [6, 6.07) is 4.53. The molecule has 0 amide bonds. The largest absolute Gasteiger partial charge is 0.485 e. The summed E-state index contributed by atoms with van der Waals surface area (Å²) in [6.45, 7) is 1.80. The second kappa shape index (κ2) is 5.02. The molecule has 0 bridgehead atoms. The van der Waals surface area contributed by atoms with E-state index >= 15 is 0 Å². The average molecular weight is 239 g/mol. The van der Waals surface area contributed by atoms with Gasteiger partial charge in [0, 0.05) is 6.04 Å². The van der Waals surface area contributed by atoms with Gasteiger partial charge >= 0.3 is 0 Å². The number of rotatable bonds is 3. The molecule has 3 atom stereocenters. The predicted molar refractivity (Wildman–Crippen MR) is 63.3 cm³/mol. The van der Waals surface area contributed by atoms with Gasteiger partial charge in [0.1, 0.15) is 6.10 Å².